The summed E-state index contributed by atoms with van der Waals surface area (Å²) in [5.41, 5.74) is 4.63. The number of fused-ring (bicyclic) bond motifs is 1. The van der Waals surface area contributed by atoms with Crippen molar-refractivity contribution in [3.8, 4) is 0 Å². The topological polar surface area (TPSA) is 51.2 Å². The molecular formula is C16H14ClFN2O. The van der Waals surface area contributed by atoms with Gasteiger partial charge in [0.25, 0.3) is 0 Å². The maximum atomic E-state index is 13.7. The minimum absolute atomic E-state index is 0.219. The molecule has 3 N–H and O–H groups in total. The molecule has 0 saturated heterocycles. The number of benzene rings is 2. The molecule has 21 heavy (non-hydrogen) atoms. The maximum absolute atomic E-state index is 13.7. The van der Waals surface area contributed by atoms with Crippen molar-refractivity contribution in [2.75, 3.05) is 0 Å². The number of nitrogens with two attached hydrogens (primary N) is 1. The van der Waals surface area contributed by atoms with E-state index in [1.807, 2.05) is 25.1 Å². The lowest BCUT2D eigenvalue weighted by molar-refractivity contribution is 0.465. The second-order valence-electron chi connectivity index (χ2n) is 4.88. The highest BCUT2D eigenvalue weighted by Gasteiger charge is 2.21. The van der Waals surface area contributed by atoms with Crippen LogP contribution in [0.5, 0.6) is 0 Å². The lowest BCUT2D eigenvalue weighted by Gasteiger charge is -2.16. The summed E-state index contributed by atoms with van der Waals surface area (Å²) in [4.78, 5) is 0. The van der Waals surface area contributed by atoms with Gasteiger partial charge in [0.15, 0.2) is 11.4 Å². The van der Waals surface area contributed by atoms with Crippen LogP contribution in [0.1, 0.15) is 22.9 Å². The van der Waals surface area contributed by atoms with Crippen LogP contribution in [0.15, 0.2) is 46.9 Å². The van der Waals surface area contributed by atoms with Crippen LogP contribution in [-0.2, 0) is 0 Å². The average Bonchev–Trinajstić information content (AvgIpc) is 2.89. The highest BCUT2D eigenvalue weighted by atomic mass is 35.5. The van der Waals surface area contributed by atoms with Gasteiger partial charge in [-0.25, -0.2) is 9.82 Å². The smallest absolute Gasteiger partial charge is 0.169 e. The third-order valence-corrected chi connectivity index (χ3v) is 4.02. The van der Waals surface area contributed by atoms with Crippen LogP contribution in [0.2, 0.25) is 5.02 Å². The standard InChI is InChI=1S/C16H14ClFN2O/c1-9-4-2-6-11(14(9)17)15(20-19)13-8-10-5-3-7-12(18)16(10)21-13/h2-8,15,20H,19H2,1H3. The molecule has 5 heteroatoms. The van der Waals surface area contributed by atoms with Gasteiger partial charge in [0.2, 0.25) is 0 Å². The molecule has 0 aliphatic carbocycles. The summed E-state index contributed by atoms with van der Waals surface area (Å²) in [7, 11) is 0. The van der Waals surface area contributed by atoms with E-state index >= 15 is 0 Å². The van der Waals surface area contributed by atoms with Crippen LogP contribution >= 0.6 is 11.6 Å². The van der Waals surface area contributed by atoms with Crippen molar-refractivity contribution >= 4 is 22.6 Å². The molecule has 0 aliphatic heterocycles. The van der Waals surface area contributed by atoms with E-state index in [0.717, 1.165) is 11.1 Å². The quantitative estimate of drug-likeness (QED) is 0.566. The highest BCUT2D eigenvalue weighted by Crippen LogP contribution is 2.33. The largest absolute Gasteiger partial charge is 0.456 e. The van der Waals surface area contributed by atoms with Gasteiger partial charge in [-0.15, -0.1) is 0 Å². The number of hydrazine groups is 1. The third kappa shape index (κ3) is 2.42. The van der Waals surface area contributed by atoms with E-state index in [-0.39, 0.29) is 5.58 Å². The zero-order chi connectivity index (χ0) is 15.0. The first-order chi connectivity index (χ1) is 10.1. The molecule has 0 fully saturated rings. The molecule has 0 radical (unpaired) electrons. The molecular weight excluding hydrogens is 291 g/mol. The van der Waals surface area contributed by atoms with Crippen molar-refractivity contribution in [2.24, 2.45) is 5.84 Å². The number of halogens is 2. The first-order valence-electron chi connectivity index (χ1n) is 6.51. The van der Waals surface area contributed by atoms with Crippen molar-refractivity contribution < 1.29 is 8.81 Å². The Morgan fingerprint density at radius 2 is 2.00 bits per heavy atom. The Morgan fingerprint density at radius 3 is 2.71 bits per heavy atom. The van der Waals surface area contributed by atoms with Crippen LogP contribution in [0.25, 0.3) is 11.0 Å². The second kappa shape index (κ2) is 5.48. The Balaban J connectivity index is 2.14. The molecule has 3 rings (SSSR count). The van der Waals surface area contributed by atoms with Crippen molar-refractivity contribution in [1.82, 2.24) is 5.43 Å². The minimum Gasteiger partial charge on any atom is -0.456 e. The lowest BCUT2D eigenvalue weighted by atomic mass is 10.0. The molecule has 3 aromatic rings. The number of hydrogen-bond acceptors (Lipinski definition) is 3. The summed E-state index contributed by atoms with van der Waals surface area (Å²) < 4.78 is 19.4. The fourth-order valence-electron chi connectivity index (χ4n) is 2.41. The number of aryl methyl sites for hydroxylation is 1. The Bertz CT molecular complexity index is 800. The molecule has 1 heterocycles. The van der Waals surface area contributed by atoms with Gasteiger partial charge in [0, 0.05) is 10.4 Å². The highest BCUT2D eigenvalue weighted by molar-refractivity contribution is 6.32. The SMILES string of the molecule is Cc1cccc(C(NN)c2cc3cccc(F)c3o2)c1Cl. The van der Waals surface area contributed by atoms with Gasteiger partial charge in [-0.1, -0.05) is 41.9 Å². The molecule has 3 nitrogen and oxygen atoms in total. The molecule has 1 unspecified atom stereocenters. The Labute approximate surface area is 126 Å². The number of rotatable bonds is 3. The summed E-state index contributed by atoms with van der Waals surface area (Å²) in [6, 6.07) is 11.8. The summed E-state index contributed by atoms with van der Waals surface area (Å²) in [5, 5.41) is 1.30. The second-order valence-corrected chi connectivity index (χ2v) is 5.26. The normalized spacial score (nSPS) is 12.8. The first kappa shape index (κ1) is 14.1. The van der Waals surface area contributed by atoms with Gasteiger partial charge in [-0.3, -0.25) is 5.84 Å². The first-order valence-corrected chi connectivity index (χ1v) is 6.88. The molecule has 2 aromatic carbocycles. The Kier molecular flexibility index (Phi) is 3.68. The Morgan fingerprint density at radius 1 is 1.24 bits per heavy atom. The van der Waals surface area contributed by atoms with Crippen LogP contribution < -0.4 is 11.3 Å². The van der Waals surface area contributed by atoms with Gasteiger partial charge < -0.3 is 4.42 Å². The monoisotopic (exact) mass is 304 g/mol. The predicted octanol–water partition coefficient (Wildman–Crippen LogP) is 4.09. The van der Waals surface area contributed by atoms with E-state index in [2.05, 4.69) is 5.43 Å². The van der Waals surface area contributed by atoms with E-state index < -0.39 is 11.9 Å². The van der Waals surface area contributed by atoms with E-state index in [4.69, 9.17) is 21.9 Å². The van der Waals surface area contributed by atoms with Crippen molar-refractivity contribution in [3.63, 3.8) is 0 Å². The van der Waals surface area contributed by atoms with Crippen molar-refractivity contribution in [1.29, 1.82) is 0 Å². The van der Waals surface area contributed by atoms with E-state index in [1.165, 1.54) is 6.07 Å². The molecule has 0 saturated carbocycles. The summed E-state index contributed by atoms with van der Waals surface area (Å²) in [6.07, 6.45) is 0. The molecule has 0 aliphatic rings. The number of para-hydroxylation sites is 1. The van der Waals surface area contributed by atoms with Crippen LogP contribution in [0.3, 0.4) is 0 Å². The van der Waals surface area contributed by atoms with Crippen molar-refractivity contribution in [2.45, 2.75) is 13.0 Å². The number of furan rings is 1. The van der Waals surface area contributed by atoms with Crippen LogP contribution in [-0.4, -0.2) is 0 Å². The van der Waals surface area contributed by atoms with E-state index in [0.29, 0.717) is 16.2 Å². The summed E-state index contributed by atoms with van der Waals surface area (Å²) in [6.45, 7) is 1.91. The van der Waals surface area contributed by atoms with Crippen molar-refractivity contribution in [3.05, 3.63) is 70.2 Å². The number of hydrogen-bond donors (Lipinski definition) is 2. The van der Waals surface area contributed by atoms with Gasteiger partial charge >= 0.3 is 0 Å². The predicted molar refractivity (Wildman–Crippen MR) is 81.5 cm³/mol. The van der Waals surface area contributed by atoms with Gasteiger partial charge in [-0.05, 0) is 30.2 Å². The minimum atomic E-state index is -0.441. The zero-order valence-corrected chi connectivity index (χ0v) is 12.1. The molecule has 1 atom stereocenters. The van der Waals surface area contributed by atoms with Gasteiger partial charge in [0.05, 0.1) is 0 Å². The average molecular weight is 305 g/mol. The lowest BCUT2D eigenvalue weighted by Crippen LogP contribution is -2.28. The Hall–Kier alpha value is -1.88. The van der Waals surface area contributed by atoms with Gasteiger partial charge in [0.1, 0.15) is 11.8 Å². The molecule has 108 valence electrons. The fourth-order valence-corrected chi connectivity index (χ4v) is 2.64. The van der Waals surface area contributed by atoms with E-state index in [9.17, 15) is 4.39 Å². The fraction of sp³-hybridized carbons (Fsp3) is 0.125. The number of nitrogens with one attached hydrogen (secondary N) is 1. The van der Waals surface area contributed by atoms with Gasteiger partial charge in [-0.2, -0.15) is 0 Å². The third-order valence-electron chi connectivity index (χ3n) is 3.50. The summed E-state index contributed by atoms with van der Waals surface area (Å²) in [5.74, 6) is 5.77. The molecule has 0 bridgehead atoms. The zero-order valence-electron chi connectivity index (χ0n) is 11.4. The van der Waals surface area contributed by atoms with Crippen LogP contribution in [0, 0.1) is 12.7 Å². The molecule has 1 aromatic heterocycles. The maximum Gasteiger partial charge on any atom is 0.169 e. The van der Waals surface area contributed by atoms with E-state index in [1.54, 1.807) is 18.2 Å². The molecule has 0 amide bonds. The van der Waals surface area contributed by atoms with Crippen LogP contribution in [0.4, 0.5) is 4.39 Å². The summed E-state index contributed by atoms with van der Waals surface area (Å²) >= 11 is 6.34. The molecule has 0 spiro atoms.